The van der Waals surface area contributed by atoms with Gasteiger partial charge in [-0.15, -0.1) is 0 Å². The molecule has 0 spiro atoms. The number of carbonyl (C=O) groups excluding carboxylic acids is 1. The summed E-state index contributed by atoms with van der Waals surface area (Å²) in [6.07, 6.45) is 1.19. The Morgan fingerprint density at radius 2 is 1.88 bits per heavy atom. The van der Waals surface area contributed by atoms with Gasteiger partial charge in [0.15, 0.2) is 11.5 Å². The fourth-order valence-electron chi connectivity index (χ4n) is 2.16. The van der Waals surface area contributed by atoms with E-state index in [0.717, 1.165) is 0 Å². The first-order chi connectivity index (χ1) is 12.4. The van der Waals surface area contributed by atoms with Crippen LogP contribution in [0.3, 0.4) is 0 Å². The quantitative estimate of drug-likeness (QED) is 0.575. The van der Waals surface area contributed by atoms with Gasteiger partial charge in [0.2, 0.25) is 0 Å². The second kappa shape index (κ2) is 8.55. The first kappa shape index (κ1) is 19.6. The van der Waals surface area contributed by atoms with Crippen molar-refractivity contribution in [3.63, 3.8) is 0 Å². The van der Waals surface area contributed by atoms with E-state index in [1.54, 1.807) is 0 Å². The maximum atomic E-state index is 12.1. The van der Waals surface area contributed by atoms with E-state index in [1.165, 1.54) is 50.8 Å². The van der Waals surface area contributed by atoms with E-state index in [4.69, 9.17) is 32.7 Å². The molecule has 0 heterocycles. The molecule has 0 atom stereocenters. The molecule has 0 aliphatic carbocycles. The summed E-state index contributed by atoms with van der Waals surface area (Å²) in [4.78, 5) is 23.6. The average Bonchev–Trinajstić information content (AvgIpc) is 2.60. The number of ether oxygens (including phenoxy) is 2. The zero-order valence-electron chi connectivity index (χ0n) is 13.7. The number of halogens is 2. The van der Waals surface area contributed by atoms with Crippen LogP contribution in [-0.4, -0.2) is 37.4 Å². The minimum absolute atomic E-state index is 0.0519. The Bertz CT molecular complexity index is 884. The topological polar surface area (TPSA) is 97.2 Å². The molecule has 0 saturated heterocycles. The lowest BCUT2D eigenvalue weighted by Crippen LogP contribution is -2.18. The number of carbonyl (C=O) groups is 2. The van der Waals surface area contributed by atoms with Crippen LogP contribution in [0.5, 0.6) is 11.5 Å². The van der Waals surface area contributed by atoms with E-state index in [0.29, 0.717) is 5.02 Å². The van der Waals surface area contributed by atoms with Crippen molar-refractivity contribution in [1.29, 1.82) is 0 Å². The molecule has 0 aliphatic heterocycles. The monoisotopic (exact) mass is 396 g/mol. The van der Waals surface area contributed by atoms with Gasteiger partial charge in [-0.25, -0.2) is 10.2 Å². The SMILES string of the molecule is COc1ccc(/C=N\NC(=O)c2ccc(Cl)cc2Cl)c(C(=O)O)c1OC. The predicted octanol–water partition coefficient (Wildman–Crippen LogP) is 3.47. The number of amides is 1. The molecule has 26 heavy (non-hydrogen) atoms. The largest absolute Gasteiger partial charge is 0.493 e. The van der Waals surface area contributed by atoms with Crippen molar-refractivity contribution in [2.45, 2.75) is 0 Å². The highest BCUT2D eigenvalue weighted by atomic mass is 35.5. The van der Waals surface area contributed by atoms with Crippen LogP contribution < -0.4 is 14.9 Å². The maximum Gasteiger partial charge on any atom is 0.340 e. The van der Waals surface area contributed by atoms with Gasteiger partial charge in [0, 0.05) is 10.6 Å². The van der Waals surface area contributed by atoms with Crippen LogP contribution in [0.25, 0.3) is 0 Å². The molecule has 0 aromatic heterocycles. The standard InChI is InChI=1S/C17H14Cl2N2O5/c1-25-13-6-3-9(14(17(23)24)15(13)26-2)8-20-21-16(22)11-5-4-10(18)7-12(11)19/h3-8H,1-2H3,(H,21,22)(H,23,24)/b20-8-. The van der Waals surface area contributed by atoms with Crippen molar-refractivity contribution < 1.29 is 24.2 Å². The Balaban J connectivity index is 2.27. The second-order valence-corrected chi connectivity index (χ2v) is 5.74. The van der Waals surface area contributed by atoms with Gasteiger partial charge in [0.25, 0.3) is 5.91 Å². The van der Waals surface area contributed by atoms with Crippen LogP contribution in [0.1, 0.15) is 26.3 Å². The van der Waals surface area contributed by atoms with E-state index < -0.39 is 11.9 Å². The summed E-state index contributed by atoms with van der Waals surface area (Å²) < 4.78 is 10.2. The molecule has 7 nitrogen and oxygen atoms in total. The van der Waals surface area contributed by atoms with Crippen molar-refractivity contribution in [3.8, 4) is 11.5 Å². The van der Waals surface area contributed by atoms with Gasteiger partial charge >= 0.3 is 5.97 Å². The summed E-state index contributed by atoms with van der Waals surface area (Å²) in [5.74, 6) is -1.48. The number of hydrazone groups is 1. The van der Waals surface area contributed by atoms with Gasteiger partial charge in [-0.3, -0.25) is 4.79 Å². The number of carboxylic acid groups (broad SMARTS) is 1. The number of aromatic carboxylic acids is 1. The minimum atomic E-state index is -1.23. The highest BCUT2D eigenvalue weighted by Crippen LogP contribution is 2.32. The molecule has 0 aliphatic rings. The van der Waals surface area contributed by atoms with Gasteiger partial charge in [-0.2, -0.15) is 5.10 Å². The van der Waals surface area contributed by atoms with E-state index in [-0.39, 0.29) is 33.2 Å². The summed E-state index contributed by atoms with van der Waals surface area (Å²) in [5, 5.41) is 13.8. The van der Waals surface area contributed by atoms with E-state index in [9.17, 15) is 14.7 Å². The van der Waals surface area contributed by atoms with Crippen LogP contribution in [0, 0.1) is 0 Å². The molecule has 0 saturated carbocycles. The van der Waals surface area contributed by atoms with Gasteiger partial charge in [0.05, 0.1) is 31.0 Å². The number of rotatable bonds is 6. The molecule has 0 fully saturated rings. The highest BCUT2D eigenvalue weighted by Gasteiger charge is 2.20. The summed E-state index contributed by atoms with van der Waals surface area (Å²) in [6, 6.07) is 7.41. The third kappa shape index (κ3) is 4.25. The van der Waals surface area contributed by atoms with Crippen molar-refractivity contribution in [2.75, 3.05) is 14.2 Å². The summed E-state index contributed by atoms with van der Waals surface area (Å²) in [5.41, 5.74) is 2.53. The second-order valence-electron chi connectivity index (χ2n) is 4.89. The van der Waals surface area contributed by atoms with E-state index in [1.807, 2.05) is 0 Å². The number of nitrogens with one attached hydrogen (secondary N) is 1. The highest BCUT2D eigenvalue weighted by molar-refractivity contribution is 6.36. The Kier molecular flexibility index (Phi) is 6.43. The van der Waals surface area contributed by atoms with Crippen LogP contribution in [0.4, 0.5) is 0 Å². The number of hydrogen-bond acceptors (Lipinski definition) is 5. The van der Waals surface area contributed by atoms with Crippen LogP contribution in [0.15, 0.2) is 35.4 Å². The lowest BCUT2D eigenvalue weighted by molar-refractivity contribution is 0.0692. The minimum Gasteiger partial charge on any atom is -0.493 e. The number of carboxylic acids is 1. The Hall–Kier alpha value is -2.77. The Morgan fingerprint density at radius 3 is 2.46 bits per heavy atom. The van der Waals surface area contributed by atoms with Crippen LogP contribution in [0.2, 0.25) is 10.0 Å². The third-order valence-electron chi connectivity index (χ3n) is 3.34. The molecule has 0 radical (unpaired) electrons. The molecule has 2 N–H and O–H groups in total. The smallest absolute Gasteiger partial charge is 0.340 e. The van der Waals surface area contributed by atoms with E-state index in [2.05, 4.69) is 10.5 Å². The Morgan fingerprint density at radius 1 is 1.15 bits per heavy atom. The van der Waals surface area contributed by atoms with E-state index >= 15 is 0 Å². The molecule has 0 unspecified atom stereocenters. The molecule has 9 heteroatoms. The van der Waals surface area contributed by atoms with Crippen molar-refractivity contribution in [2.24, 2.45) is 5.10 Å². The number of methoxy groups -OCH3 is 2. The maximum absolute atomic E-state index is 12.1. The summed E-state index contributed by atoms with van der Waals surface area (Å²) >= 11 is 11.7. The number of benzene rings is 2. The average molecular weight is 397 g/mol. The number of nitrogens with zero attached hydrogens (tertiary/aromatic N) is 1. The molecular weight excluding hydrogens is 383 g/mol. The fourth-order valence-corrected chi connectivity index (χ4v) is 2.66. The lowest BCUT2D eigenvalue weighted by atomic mass is 10.1. The third-order valence-corrected chi connectivity index (χ3v) is 3.88. The van der Waals surface area contributed by atoms with Gasteiger partial charge in [0.1, 0.15) is 5.56 Å². The Labute approximate surface area is 159 Å². The summed E-state index contributed by atoms with van der Waals surface area (Å²) in [6.45, 7) is 0. The molecule has 0 bridgehead atoms. The van der Waals surface area contributed by atoms with Gasteiger partial charge in [-0.1, -0.05) is 23.2 Å². The van der Waals surface area contributed by atoms with Gasteiger partial charge in [-0.05, 0) is 30.3 Å². The summed E-state index contributed by atoms with van der Waals surface area (Å²) in [7, 11) is 2.73. The lowest BCUT2D eigenvalue weighted by Gasteiger charge is -2.12. The first-order valence-corrected chi connectivity index (χ1v) is 7.91. The van der Waals surface area contributed by atoms with Crippen molar-refractivity contribution in [3.05, 3.63) is 57.1 Å². The zero-order valence-corrected chi connectivity index (χ0v) is 15.3. The number of hydrogen-bond donors (Lipinski definition) is 2. The predicted molar refractivity (Wildman–Crippen MR) is 98.0 cm³/mol. The molecule has 2 aromatic rings. The van der Waals surface area contributed by atoms with Gasteiger partial charge < -0.3 is 14.6 Å². The van der Waals surface area contributed by atoms with Crippen LogP contribution >= 0.6 is 23.2 Å². The van der Waals surface area contributed by atoms with Crippen LogP contribution in [-0.2, 0) is 0 Å². The molecule has 2 rings (SSSR count). The molecule has 2 aromatic carbocycles. The fraction of sp³-hybridized carbons (Fsp3) is 0.118. The normalized spacial score (nSPS) is 10.6. The first-order valence-electron chi connectivity index (χ1n) is 7.15. The molecular formula is C17H14Cl2N2O5. The van der Waals surface area contributed by atoms with Crippen molar-refractivity contribution in [1.82, 2.24) is 5.43 Å². The van der Waals surface area contributed by atoms with Crippen molar-refractivity contribution >= 4 is 41.3 Å². The molecule has 136 valence electrons. The zero-order chi connectivity index (χ0) is 19.3. The molecule has 1 amide bonds.